The minimum Gasteiger partial charge on any atom is -0.507 e. The summed E-state index contributed by atoms with van der Waals surface area (Å²) in [4.78, 5) is 11.1. The topological polar surface area (TPSA) is 72.5 Å². The monoisotopic (exact) mass is 287 g/mol. The van der Waals surface area contributed by atoms with Crippen LogP contribution in [-0.4, -0.2) is 18.2 Å². The van der Waals surface area contributed by atoms with Gasteiger partial charge >= 0.3 is 5.97 Å². The van der Waals surface area contributed by atoms with Gasteiger partial charge in [-0.1, -0.05) is 22.0 Å². The SMILES string of the molecule is COC(=O)C[C@H](N)c1c(Br)ccc(C)c1O. The number of hydrogen-bond donors (Lipinski definition) is 2. The number of phenols is 1. The molecule has 0 aliphatic rings. The highest BCUT2D eigenvalue weighted by Crippen LogP contribution is 2.34. The van der Waals surface area contributed by atoms with Crippen molar-refractivity contribution >= 4 is 21.9 Å². The number of aryl methyl sites for hydroxylation is 1. The average molecular weight is 288 g/mol. The van der Waals surface area contributed by atoms with Gasteiger partial charge in [0.15, 0.2) is 0 Å². The van der Waals surface area contributed by atoms with Crippen LogP contribution in [0, 0.1) is 6.92 Å². The summed E-state index contributed by atoms with van der Waals surface area (Å²) >= 11 is 3.30. The molecular weight excluding hydrogens is 274 g/mol. The second-order valence-electron chi connectivity index (χ2n) is 3.51. The molecule has 0 aliphatic carbocycles. The van der Waals surface area contributed by atoms with Crippen LogP contribution in [0.4, 0.5) is 0 Å². The lowest BCUT2D eigenvalue weighted by atomic mass is 10.0. The Morgan fingerprint density at radius 2 is 2.25 bits per heavy atom. The van der Waals surface area contributed by atoms with Gasteiger partial charge in [-0.3, -0.25) is 4.79 Å². The van der Waals surface area contributed by atoms with Crippen LogP contribution < -0.4 is 5.73 Å². The van der Waals surface area contributed by atoms with Crippen LogP contribution in [-0.2, 0) is 9.53 Å². The van der Waals surface area contributed by atoms with Crippen LogP contribution in [0.2, 0.25) is 0 Å². The highest BCUT2D eigenvalue weighted by Gasteiger charge is 2.19. The zero-order valence-electron chi connectivity index (χ0n) is 9.16. The molecule has 0 bridgehead atoms. The van der Waals surface area contributed by atoms with Crippen LogP contribution in [0.1, 0.15) is 23.6 Å². The lowest BCUT2D eigenvalue weighted by molar-refractivity contribution is -0.141. The summed E-state index contributed by atoms with van der Waals surface area (Å²) in [6, 6.07) is 2.98. The predicted molar refractivity (Wildman–Crippen MR) is 64.1 cm³/mol. The van der Waals surface area contributed by atoms with Crippen molar-refractivity contribution < 1.29 is 14.6 Å². The third-order valence-electron chi connectivity index (χ3n) is 2.35. The second kappa shape index (κ2) is 5.32. The van der Waals surface area contributed by atoms with Crippen molar-refractivity contribution in [2.75, 3.05) is 7.11 Å². The van der Waals surface area contributed by atoms with Gasteiger partial charge in [0.05, 0.1) is 13.5 Å². The summed E-state index contributed by atoms with van der Waals surface area (Å²) in [5.74, 6) is -0.286. The number of aromatic hydroxyl groups is 1. The first-order valence-corrected chi connectivity index (χ1v) is 5.57. The molecule has 16 heavy (non-hydrogen) atoms. The van der Waals surface area contributed by atoms with Crippen molar-refractivity contribution in [1.29, 1.82) is 0 Å². The fourth-order valence-electron chi connectivity index (χ4n) is 1.41. The van der Waals surface area contributed by atoms with E-state index in [1.54, 1.807) is 19.1 Å². The zero-order valence-corrected chi connectivity index (χ0v) is 10.7. The first-order valence-electron chi connectivity index (χ1n) is 4.77. The molecule has 0 spiro atoms. The van der Waals surface area contributed by atoms with Gasteiger partial charge in [-0.05, 0) is 18.6 Å². The maximum Gasteiger partial charge on any atom is 0.307 e. The molecule has 5 heteroatoms. The van der Waals surface area contributed by atoms with Crippen molar-refractivity contribution in [2.45, 2.75) is 19.4 Å². The Kier molecular flexibility index (Phi) is 4.32. The van der Waals surface area contributed by atoms with Gasteiger partial charge in [-0.15, -0.1) is 0 Å². The number of phenolic OH excluding ortho intramolecular Hbond substituents is 1. The molecule has 0 radical (unpaired) electrons. The molecule has 1 atom stereocenters. The molecule has 3 N–H and O–H groups in total. The third-order valence-corrected chi connectivity index (χ3v) is 3.04. The third kappa shape index (κ3) is 2.74. The quantitative estimate of drug-likeness (QED) is 0.835. The van der Waals surface area contributed by atoms with Crippen LogP contribution in [0.3, 0.4) is 0 Å². The summed E-state index contributed by atoms with van der Waals surface area (Å²) in [7, 11) is 1.31. The Hall–Kier alpha value is -1.07. The van der Waals surface area contributed by atoms with Crippen molar-refractivity contribution in [1.82, 2.24) is 0 Å². The van der Waals surface area contributed by atoms with E-state index in [1.165, 1.54) is 7.11 Å². The van der Waals surface area contributed by atoms with Gasteiger partial charge in [-0.25, -0.2) is 0 Å². The van der Waals surface area contributed by atoms with E-state index in [-0.39, 0.29) is 12.2 Å². The molecule has 0 amide bonds. The molecule has 0 unspecified atom stereocenters. The lowest BCUT2D eigenvalue weighted by Crippen LogP contribution is -2.17. The Labute approximate surface area is 103 Å². The first kappa shape index (κ1) is 13.0. The fourth-order valence-corrected chi connectivity index (χ4v) is 2.02. The number of ether oxygens (including phenoxy) is 1. The molecule has 0 fully saturated rings. The lowest BCUT2D eigenvalue weighted by Gasteiger charge is -2.15. The Bertz CT molecular complexity index is 406. The molecule has 1 aromatic carbocycles. The van der Waals surface area contributed by atoms with E-state index in [0.29, 0.717) is 10.0 Å². The highest BCUT2D eigenvalue weighted by molar-refractivity contribution is 9.10. The molecule has 4 nitrogen and oxygen atoms in total. The van der Waals surface area contributed by atoms with Crippen molar-refractivity contribution in [2.24, 2.45) is 5.73 Å². The Balaban J connectivity index is 3.03. The maximum atomic E-state index is 11.1. The number of rotatable bonds is 3. The van der Waals surface area contributed by atoms with Crippen LogP contribution in [0.25, 0.3) is 0 Å². The molecule has 0 aromatic heterocycles. The van der Waals surface area contributed by atoms with Gasteiger partial charge in [0.1, 0.15) is 5.75 Å². The van der Waals surface area contributed by atoms with Crippen molar-refractivity contribution in [3.05, 3.63) is 27.7 Å². The first-order chi connectivity index (χ1) is 7.47. The molecule has 0 heterocycles. The zero-order chi connectivity index (χ0) is 12.3. The van der Waals surface area contributed by atoms with Gasteiger partial charge in [0.2, 0.25) is 0 Å². The molecule has 88 valence electrons. The fraction of sp³-hybridized carbons (Fsp3) is 0.364. The summed E-state index contributed by atoms with van der Waals surface area (Å²) in [5, 5.41) is 9.87. The van der Waals surface area contributed by atoms with Gasteiger partial charge in [0.25, 0.3) is 0 Å². The van der Waals surface area contributed by atoms with Crippen molar-refractivity contribution in [3.8, 4) is 5.75 Å². The van der Waals surface area contributed by atoms with E-state index in [0.717, 1.165) is 5.56 Å². The number of carbonyl (C=O) groups is 1. The minimum absolute atomic E-state index is 0.0338. The Morgan fingerprint density at radius 3 is 2.81 bits per heavy atom. The van der Waals surface area contributed by atoms with Crippen LogP contribution >= 0.6 is 15.9 Å². The molecule has 0 saturated heterocycles. The number of nitrogens with two attached hydrogens (primary N) is 1. The van der Waals surface area contributed by atoms with Gasteiger partial charge in [0, 0.05) is 16.1 Å². The summed E-state index contributed by atoms with van der Waals surface area (Å²) in [6.45, 7) is 1.77. The summed E-state index contributed by atoms with van der Waals surface area (Å²) < 4.78 is 5.22. The minimum atomic E-state index is -0.582. The number of methoxy groups -OCH3 is 1. The van der Waals surface area contributed by atoms with Crippen molar-refractivity contribution in [3.63, 3.8) is 0 Å². The number of carbonyl (C=O) groups excluding carboxylic acids is 1. The van der Waals surface area contributed by atoms with E-state index in [4.69, 9.17) is 5.73 Å². The van der Waals surface area contributed by atoms with E-state index in [1.807, 2.05) is 0 Å². The number of esters is 1. The number of benzene rings is 1. The van der Waals surface area contributed by atoms with E-state index in [9.17, 15) is 9.90 Å². The average Bonchev–Trinajstić information content (AvgIpc) is 2.24. The number of hydrogen-bond acceptors (Lipinski definition) is 4. The number of halogens is 1. The van der Waals surface area contributed by atoms with Gasteiger partial charge in [-0.2, -0.15) is 0 Å². The molecule has 0 aliphatic heterocycles. The summed E-state index contributed by atoms with van der Waals surface area (Å²) in [6.07, 6.45) is 0.0338. The smallest absolute Gasteiger partial charge is 0.307 e. The Morgan fingerprint density at radius 1 is 1.62 bits per heavy atom. The van der Waals surface area contributed by atoms with Crippen LogP contribution in [0.5, 0.6) is 5.75 Å². The summed E-state index contributed by atoms with van der Waals surface area (Å²) in [5.41, 5.74) is 7.10. The van der Waals surface area contributed by atoms with Crippen LogP contribution in [0.15, 0.2) is 16.6 Å². The second-order valence-corrected chi connectivity index (χ2v) is 4.37. The standard InChI is InChI=1S/C11H14BrNO3/c1-6-3-4-7(12)10(11(6)15)8(13)5-9(14)16-2/h3-4,8,15H,5,13H2,1-2H3/t8-/m0/s1. The largest absolute Gasteiger partial charge is 0.507 e. The maximum absolute atomic E-state index is 11.1. The highest BCUT2D eigenvalue weighted by atomic mass is 79.9. The molecular formula is C11H14BrNO3. The molecule has 1 rings (SSSR count). The normalized spacial score (nSPS) is 12.2. The van der Waals surface area contributed by atoms with E-state index in [2.05, 4.69) is 20.7 Å². The predicted octanol–water partition coefficient (Wildman–Crippen LogP) is 2.03. The van der Waals surface area contributed by atoms with Gasteiger partial charge < -0.3 is 15.6 Å². The van der Waals surface area contributed by atoms with E-state index >= 15 is 0 Å². The van der Waals surface area contributed by atoms with E-state index < -0.39 is 12.0 Å². The molecule has 1 aromatic rings. The molecule has 0 saturated carbocycles.